The van der Waals surface area contributed by atoms with Gasteiger partial charge < -0.3 is 14.7 Å². The van der Waals surface area contributed by atoms with Crippen LogP contribution in [0.3, 0.4) is 0 Å². The predicted octanol–water partition coefficient (Wildman–Crippen LogP) is 3.66. The van der Waals surface area contributed by atoms with Crippen LogP contribution >= 0.6 is 0 Å². The largest absolute Gasteiger partial charge is 0.496 e. The summed E-state index contributed by atoms with van der Waals surface area (Å²) in [7, 11) is 1.59. The average Bonchev–Trinajstić information content (AvgIpc) is 3.21. The Kier molecular flexibility index (Phi) is 5.97. The van der Waals surface area contributed by atoms with E-state index in [0.717, 1.165) is 17.5 Å². The second kappa shape index (κ2) is 8.68. The third kappa shape index (κ3) is 4.15. The molecule has 1 saturated carbocycles. The number of hydrogen-bond donors (Lipinski definition) is 1. The van der Waals surface area contributed by atoms with Gasteiger partial charge in [0.2, 0.25) is 5.91 Å². The van der Waals surface area contributed by atoms with Gasteiger partial charge in [-0.25, -0.2) is 4.39 Å². The van der Waals surface area contributed by atoms with Gasteiger partial charge in [0.1, 0.15) is 11.6 Å². The number of halogens is 1. The highest BCUT2D eigenvalue weighted by molar-refractivity contribution is 5.79. The molecule has 1 aliphatic heterocycles. The number of aliphatic hydroxyl groups is 1. The van der Waals surface area contributed by atoms with Crippen molar-refractivity contribution in [1.29, 1.82) is 5.26 Å². The molecule has 0 bridgehead atoms. The Bertz CT molecular complexity index is 987. The second-order valence-electron chi connectivity index (χ2n) is 8.76. The summed E-state index contributed by atoms with van der Waals surface area (Å²) in [6.45, 7) is 1.02. The number of para-hydroxylation sites is 1. The minimum atomic E-state index is -1.16. The topological polar surface area (TPSA) is 73.6 Å². The molecule has 1 saturated heterocycles. The third-order valence-corrected chi connectivity index (χ3v) is 6.87. The lowest BCUT2D eigenvalue weighted by atomic mass is 9.63. The Morgan fingerprint density at radius 3 is 2.71 bits per heavy atom. The second-order valence-corrected chi connectivity index (χ2v) is 8.76. The predicted molar refractivity (Wildman–Crippen MR) is 114 cm³/mol. The van der Waals surface area contributed by atoms with E-state index in [1.807, 2.05) is 29.2 Å². The summed E-state index contributed by atoms with van der Waals surface area (Å²) in [6.07, 6.45) is 1.87. The summed E-state index contributed by atoms with van der Waals surface area (Å²) < 4.78 is 18.7. The highest BCUT2D eigenvalue weighted by Gasteiger charge is 2.53. The van der Waals surface area contributed by atoms with Crippen molar-refractivity contribution in [2.24, 2.45) is 17.8 Å². The monoisotopic (exact) mass is 422 g/mol. The zero-order valence-corrected chi connectivity index (χ0v) is 17.6. The fourth-order valence-electron chi connectivity index (χ4n) is 5.44. The van der Waals surface area contributed by atoms with Crippen LogP contribution < -0.4 is 4.74 Å². The van der Waals surface area contributed by atoms with Gasteiger partial charge >= 0.3 is 0 Å². The quantitative estimate of drug-likeness (QED) is 0.798. The van der Waals surface area contributed by atoms with Crippen LogP contribution in [0.15, 0.2) is 48.5 Å². The van der Waals surface area contributed by atoms with E-state index in [1.165, 1.54) is 12.1 Å². The number of ether oxygens (including phenoxy) is 1. The van der Waals surface area contributed by atoms with Crippen LogP contribution in [-0.4, -0.2) is 36.1 Å². The summed E-state index contributed by atoms with van der Waals surface area (Å²) in [6, 6.07) is 15.7. The highest BCUT2D eigenvalue weighted by atomic mass is 19.1. The maximum absolute atomic E-state index is 13.2. The zero-order valence-electron chi connectivity index (χ0n) is 17.6. The van der Waals surface area contributed by atoms with Gasteiger partial charge in [0.25, 0.3) is 0 Å². The number of carbonyl (C=O) groups excluding carboxylic acids is 1. The van der Waals surface area contributed by atoms with Crippen LogP contribution in [0.25, 0.3) is 0 Å². The Labute approximate surface area is 182 Å². The third-order valence-electron chi connectivity index (χ3n) is 6.87. The molecule has 1 aliphatic carbocycles. The first-order valence-electron chi connectivity index (χ1n) is 10.7. The average molecular weight is 423 g/mol. The van der Waals surface area contributed by atoms with Gasteiger partial charge in [0.05, 0.1) is 25.2 Å². The summed E-state index contributed by atoms with van der Waals surface area (Å²) in [4.78, 5) is 14.8. The molecule has 4 rings (SSSR count). The Morgan fingerprint density at radius 1 is 1.26 bits per heavy atom. The van der Waals surface area contributed by atoms with Crippen molar-refractivity contribution in [1.82, 2.24) is 4.90 Å². The molecule has 2 fully saturated rings. The molecule has 0 unspecified atom stereocenters. The van der Waals surface area contributed by atoms with E-state index in [2.05, 4.69) is 6.07 Å². The lowest BCUT2D eigenvalue weighted by molar-refractivity contribution is -0.130. The maximum Gasteiger partial charge on any atom is 0.227 e. The van der Waals surface area contributed by atoms with E-state index in [4.69, 9.17) is 4.74 Å². The first-order valence-corrected chi connectivity index (χ1v) is 10.7. The van der Waals surface area contributed by atoms with Gasteiger partial charge in [0.15, 0.2) is 0 Å². The minimum Gasteiger partial charge on any atom is -0.496 e. The van der Waals surface area contributed by atoms with Gasteiger partial charge in [-0.3, -0.25) is 4.79 Å². The molecule has 1 amide bonds. The number of rotatable bonds is 5. The van der Waals surface area contributed by atoms with Crippen molar-refractivity contribution in [2.75, 3.05) is 20.2 Å². The van der Waals surface area contributed by atoms with E-state index >= 15 is 0 Å². The van der Waals surface area contributed by atoms with E-state index < -0.39 is 5.60 Å². The summed E-state index contributed by atoms with van der Waals surface area (Å²) >= 11 is 0. The van der Waals surface area contributed by atoms with E-state index in [1.54, 1.807) is 19.2 Å². The smallest absolute Gasteiger partial charge is 0.227 e. The molecule has 5 nitrogen and oxygen atoms in total. The number of amides is 1. The number of nitriles is 1. The minimum absolute atomic E-state index is 0.0276. The molecule has 4 atom stereocenters. The number of fused-ring (bicyclic) bond motifs is 1. The van der Waals surface area contributed by atoms with Crippen LogP contribution in [0.1, 0.15) is 30.4 Å². The molecule has 1 heterocycles. The molecule has 1 N–H and O–H groups in total. The van der Waals surface area contributed by atoms with Crippen LogP contribution in [0, 0.1) is 34.9 Å². The number of methoxy groups -OCH3 is 1. The molecule has 2 aromatic carbocycles. The van der Waals surface area contributed by atoms with Crippen molar-refractivity contribution in [3.8, 4) is 11.8 Å². The fraction of sp³-hybridized carbons (Fsp3) is 0.440. The molecule has 0 spiro atoms. The number of hydrogen-bond acceptors (Lipinski definition) is 4. The van der Waals surface area contributed by atoms with Gasteiger partial charge in [-0.2, -0.15) is 5.26 Å². The Morgan fingerprint density at radius 2 is 2.00 bits per heavy atom. The summed E-state index contributed by atoms with van der Waals surface area (Å²) in [5, 5.41) is 21.2. The standard InChI is InChI=1S/C25H27FN2O3/c1-31-23-5-3-2-4-21(23)25(30)14-18(10-11-27)12-19-15-28(16-22(19)25)24(29)13-17-6-8-20(26)9-7-17/h2-9,18-19,22,30H,10,12-16H2,1H3/t18-,19+,22-,25-/m1/s1. The number of carbonyl (C=O) groups is 1. The van der Waals surface area contributed by atoms with Crippen LogP contribution in [0.5, 0.6) is 5.75 Å². The van der Waals surface area contributed by atoms with Gasteiger partial charge in [-0.05, 0) is 48.4 Å². The molecule has 31 heavy (non-hydrogen) atoms. The number of nitrogens with zero attached hydrogens (tertiary/aromatic N) is 2. The summed E-state index contributed by atoms with van der Waals surface area (Å²) in [5.74, 6) is 0.315. The van der Waals surface area contributed by atoms with Gasteiger partial charge in [0, 0.05) is 31.0 Å². The molecule has 0 radical (unpaired) electrons. The van der Waals surface area contributed by atoms with E-state index in [-0.39, 0.29) is 35.9 Å². The SMILES string of the molecule is COc1ccccc1[C@]1(O)C[C@H](CC#N)C[C@H]2CN(C(=O)Cc3ccc(F)cc3)C[C@H]21. The summed E-state index contributed by atoms with van der Waals surface area (Å²) in [5.41, 5.74) is 0.327. The normalized spacial score (nSPS) is 27.4. The first kappa shape index (κ1) is 21.3. The molecule has 162 valence electrons. The van der Waals surface area contributed by atoms with Crippen LogP contribution in [0.4, 0.5) is 4.39 Å². The van der Waals surface area contributed by atoms with Crippen LogP contribution in [-0.2, 0) is 16.8 Å². The highest BCUT2D eigenvalue weighted by Crippen LogP contribution is 2.52. The lowest BCUT2D eigenvalue weighted by Gasteiger charge is -2.45. The molecular weight excluding hydrogens is 395 g/mol. The maximum atomic E-state index is 13.2. The van der Waals surface area contributed by atoms with Crippen molar-refractivity contribution in [2.45, 2.75) is 31.3 Å². The Balaban J connectivity index is 1.60. The molecule has 2 aromatic rings. The van der Waals surface area contributed by atoms with Crippen molar-refractivity contribution in [3.05, 3.63) is 65.5 Å². The van der Waals surface area contributed by atoms with Gasteiger partial charge in [-0.15, -0.1) is 0 Å². The zero-order chi connectivity index (χ0) is 22.0. The number of benzene rings is 2. The van der Waals surface area contributed by atoms with Crippen molar-refractivity contribution < 1.29 is 19.0 Å². The van der Waals surface area contributed by atoms with Crippen LogP contribution in [0.2, 0.25) is 0 Å². The molecule has 0 aromatic heterocycles. The molecular formula is C25H27FN2O3. The van der Waals surface area contributed by atoms with Gasteiger partial charge in [-0.1, -0.05) is 30.3 Å². The van der Waals surface area contributed by atoms with E-state index in [9.17, 15) is 19.6 Å². The molecule has 2 aliphatic rings. The van der Waals surface area contributed by atoms with E-state index in [0.29, 0.717) is 31.7 Å². The first-order chi connectivity index (χ1) is 14.9. The lowest BCUT2D eigenvalue weighted by Crippen LogP contribution is -2.46. The van der Waals surface area contributed by atoms with Crippen molar-refractivity contribution in [3.63, 3.8) is 0 Å². The molecule has 6 heteroatoms. The van der Waals surface area contributed by atoms with Crippen molar-refractivity contribution >= 4 is 5.91 Å². The fourth-order valence-corrected chi connectivity index (χ4v) is 5.44. The Hall–Kier alpha value is -2.91. The number of likely N-dealkylation sites (tertiary alicyclic amines) is 1.